The number of nitrogens with one attached hydrogen (secondary N) is 1. The molecule has 1 heterocycles. The average molecular weight is 156 g/mol. The van der Waals surface area contributed by atoms with Gasteiger partial charge in [-0.2, -0.15) is 0 Å². The first-order valence-corrected chi connectivity index (χ1v) is 3.91. The molecule has 1 fully saturated rings. The predicted octanol–water partition coefficient (Wildman–Crippen LogP) is 0.604. The number of likely N-dealkylation sites (tertiary alicyclic amines) is 1. The molecule has 0 unspecified atom stereocenters. The summed E-state index contributed by atoms with van der Waals surface area (Å²) in [6.07, 6.45) is 2.60. The lowest BCUT2D eigenvalue weighted by molar-refractivity contribution is 0.130. The number of ether oxygens (including phenoxy) is 1. The van der Waals surface area contributed by atoms with Crippen molar-refractivity contribution in [1.82, 2.24) is 4.90 Å². The van der Waals surface area contributed by atoms with Gasteiger partial charge in [0, 0.05) is 25.3 Å². The van der Waals surface area contributed by atoms with Crippen molar-refractivity contribution in [3.05, 3.63) is 0 Å². The summed E-state index contributed by atoms with van der Waals surface area (Å²) in [4.78, 5) is 2.24. The van der Waals surface area contributed by atoms with Gasteiger partial charge in [0.1, 0.15) is 0 Å². The van der Waals surface area contributed by atoms with Crippen molar-refractivity contribution in [3.8, 4) is 0 Å². The highest BCUT2D eigenvalue weighted by Gasteiger charge is 2.34. The zero-order valence-electron chi connectivity index (χ0n) is 7.26. The maximum absolute atomic E-state index is 7.31. The van der Waals surface area contributed by atoms with Crippen molar-refractivity contribution in [2.75, 3.05) is 33.9 Å². The van der Waals surface area contributed by atoms with Crippen molar-refractivity contribution >= 4 is 6.21 Å². The number of nitrogens with zero attached hydrogens (tertiary/aromatic N) is 1. The second kappa shape index (κ2) is 3.32. The molecule has 1 N–H and O–H groups in total. The Morgan fingerprint density at radius 2 is 2.45 bits per heavy atom. The molecule has 0 spiro atoms. The van der Waals surface area contributed by atoms with Gasteiger partial charge >= 0.3 is 0 Å². The van der Waals surface area contributed by atoms with Gasteiger partial charge in [0.05, 0.1) is 6.61 Å². The zero-order valence-corrected chi connectivity index (χ0v) is 7.26. The van der Waals surface area contributed by atoms with E-state index in [-0.39, 0.29) is 5.41 Å². The van der Waals surface area contributed by atoms with E-state index in [1.807, 2.05) is 0 Å². The largest absolute Gasteiger partial charge is 0.384 e. The van der Waals surface area contributed by atoms with Gasteiger partial charge in [-0.15, -0.1) is 0 Å². The molecule has 3 heteroatoms. The minimum atomic E-state index is 0.00347. The van der Waals surface area contributed by atoms with Crippen molar-refractivity contribution in [1.29, 1.82) is 5.41 Å². The van der Waals surface area contributed by atoms with Crippen LogP contribution >= 0.6 is 0 Å². The minimum absolute atomic E-state index is 0.00347. The van der Waals surface area contributed by atoms with Crippen LogP contribution in [0.15, 0.2) is 0 Å². The Hall–Kier alpha value is -0.410. The minimum Gasteiger partial charge on any atom is -0.384 e. The average Bonchev–Trinajstić information content (AvgIpc) is 2.34. The fraction of sp³-hybridized carbons (Fsp3) is 0.875. The molecule has 0 aromatic heterocycles. The molecule has 1 aliphatic heterocycles. The Morgan fingerprint density at radius 1 is 1.73 bits per heavy atom. The van der Waals surface area contributed by atoms with Crippen molar-refractivity contribution in [2.45, 2.75) is 6.42 Å². The van der Waals surface area contributed by atoms with E-state index in [4.69, 9.17) is 10.1 Å². The Labute approximate surface area is 67.8 Å². The van der Waals surface area contributed by atoms with Crippen LogP contribution < -0.4 is 0 Å². The molecular weight excluding hydrogens is 140 g/mol. The Kier molecular flexibility index (Phi) is 2.62. The SMILES string of the molecule is COC[C@]1(C=N)CCN(C)C1. The molecular formula is C8H16N2O. The lowest BCUT2D eigenvalue weighted by Gasteiger charge is -2.22. The van der Waals surface area contributed by atoms with Crippen molar-refractivity contribution in [3.63, 3.8) is 0 Å². The smallest absolute Gasteiger partial charge is 0.0580 e. The van der Waals surface area contributed by atoms with E-state index in [0.29, 0.717) is 6.61 Å². The van der Waals surface area contributed by atoms with Crippen molar-refractivity contribution in [2.24, 2.45) is 5.41 Å². The van der Waals surface area contributed by atoms with Gasteiger partial charge in [-0.05, 0) is 20.0 Å². The Bertz CT molecular complexity index is 145. The third-order valence-corrected chi connectivity index (χ3v) is 2.31. The molecule has 1 rings (SSSR count). The normalized spacial score (nSPS) is 32.5. The van der Waals surface area contributed by atoms with Gasteiger partial charge in [0.15, 0.2) is 0 Å². The fourth-order valence-electron chi connectivity index (χ4n) is 1.67. The molecule has 0 aromatic carbocycles. The molecule has 0 bridgehead atoms. The Balaban J connectivity index is 2.54. The molecule has 0 aromatic rings. The van der Waals surface area contributed by atoms with Crippen LogP contribution in [0.25, 0.3) is 0 Å². The van der Waals surface area contributed by atoms with Gasteiger partial charge in [-0.25, -0.2) is 0 Å². The molecule has 0 saturated carbocycles. The monoisotopic (exact) mass is 156 g/mol. The highest BCUT2D eigenvalue weighted by Crippen LogP contribution is 2.27. The standard InChI is InChI=1S/C8H16N2O/c1-10-4-3-8(5-9,6-10)7-11-2/h5,9H,3-4,6-7H2,1-2H3/t8-/m0/s1. The summed E-state index contributed by atoms with van der Waals surface area (Å²) in [5.41, 5.74) is 0.00347. The fourth-order valence-corrected chi connectivity index (χ4v) is 1.67. The van der Waals surface area contributed by atoms with Gasteiger partial charge in [0.25, 0.3) is 0 Å². The number of rotatable bonds is 3. The van der Waals surface area contributed by atoms with E-state index < -0.39 is 0 Å². The van der Waals surface area contributed by atoms with Crippen LogP contribution in [0.4, 0.5) is 0 Å². The highest BCUT2D eigenvalue weighted by atomic mass is 16.5. The van der Waals surface area contributed by atoms with E-state index >= 15 is 0 Å². The van der Waals surface area contributed by atoms with E-state index in [2.05, 4.69) is 11.9 Å². The van der Waals surface area contributed by atoms with Crippen LogP contribution in [-0.2, 0) is 4.74 Å². The number of hydrogen-bond donors (Lipinski definition) is 1. The summed E-state index contributed by atoms with van der Waals surface area (Å²) in [6, 6.07) is 0. The first kappa shape index (κ1) is 8.68. The second-order valence-corrected chi connectivity index (χ2v) is 3.43. The van der Waals surface area contributed by atoms with Gasteiger partial charge < -0.3 is 15.0 Å². The lowest BCUT2D eigenvalue weighted by Crippen LogP contribution is -2.30. The molecule has 1 saturated heterocycles. The summed E-state index contributed by atoms with van der Waals surface area (Å²) in [5, 5.41) is 7.31. The van der Waals surface area contributed by atoms with E-state index in [0.717, 1.165) is 19.5 Å². The topological polar surface area (TPSA) is 36.3 Å². The van der Waals surface area contributed by atoms with E-state index in [1.165, 1.54) is 0 Å². The highest BCUT2D eigenvalue weighted by molar-refractivity contribution is 5.63. The zero-order chi connectivity index (χ0) is 8.32. The first-order valence-electron chi connectivity index (χ1n) is 3.91. The predicted molar refractivity (Wildman–Crippen MR) is 45.2 cm³/mol. The van der Waals surface area contributed by atoms with Crippen LogP contribution in [-0.4, -0.2) is 45.0 Å². The molecule has 3 nitrogen and oxygen atoms in total. The van der Waals surface area contributed by atoms with E-state index in [9.17, 15) is 0 Å². The molecule has 64 valence electrons. The van der Waals surface area contributed by atoms with Crippen molar-refractivity contribution < 1.29 is 4.74 Å². The third kappa shape index (κ3) is 1.79. The Morgan fingerprint density at radius 3 is 2.82 bits per heavy atom. The lowest BCUT2D eigenvalue weighted by atomic mass is 9.90. The van der Waals surface area contributed by atoms with Gasteiger partial charge in [-0.3, -0.25) is 0 Å². The molecule has 0 radical (unpaired) electrons. The molecule has 1 atom stereocenters. The molecule has 0 aliphatic carbocycles. The molecule has 11 heavy (non-hydrogen) atoms. The summed E-state index contributed by atoms with van der Waals surface area (Å²) < 4.78 is 5.09. The van der Waals surface area contributed by atoms with Crippen LogP contribution in [0, 0.1) is 10.8 Å². The second-order valence-electron chi connectivity index (χ2n) is 3.43. The quantitative estimate of drug-likeness (QED) is 0.608. The number of hydrogen-bond acceptors (Lipinski definition) is 3. The van der Waals surface area contributed by atoms with Crippen LogP contribution in [0.1, 0.15) is 6.42 Å². The van der Waals surface area contributed by atoms with Gasteiger partial charge in [0.2, 0.25) is 0 Å². The van der Waals surface area contributed by atoms with Crippen LogP contribution in [0.5, 0.6) is 0 Å². The molecule has 1 aliphatic rings. The maximum Gasteiger partial charge on any atom is 0.0580 e. The first-order chi connectivity index (χ1) is 5.22. The van der Waals surface area contributed by atoms with Crippen LogP contribution in [0.3, 0.4) is 0 Å². The molecule has 0 amide bonds. The van der Waals surface area contributed by atoms with Gasteiger partial charge in [-0.1, -0.05) is 0 Å². The summed E-state index contributed by atoms with van der Waals surface area (Å²) >= 11 is 0. The summed E-state index contributed by atoms with van der Waals surface area (Å²) in [6.45, 7) is 2.73. The summed E-state index contributed by atoms with van der Waals surface area (Å²) in [5.74, 6) is 0. The maximum atomic E-state index is 7.31. The summed E-state index contributed by atoms with van der Waals surface area (Å²) in [7, 11) is 3.78. The number of methoxy groups -OCH3 is 1. The van der Waals surface area contributed by atoms with E-state index in [1.54, 1.807) is 13.3 Å². The third-order valence-electron chi connectivity index (χ3n) is 2.31. The van der Waals surface area contributed by atoms with Crippen LogP contribution in [0.2, 0.25) is 0 Å².